The van der Waals surface area contributed by atoms with E-state index in [2.05, 4.69) is 40.8 Å². The lowest BCUT2D eigenvalue weighted by Gasteiger charge is -2.42. The molecular weight excluding hydrogens is 807 g/mol. The van der Waals surface area contributed by atoms with E-state index in [4.69, 9.17) is 13.9 Å². The lowest BCUT2D eigenvalue weighted by atomic mass is 9.88. The molecule has 1 aromatic rings. The Hall–Kier alpha value is -2.29. The molecule has 3 nitrogen and oxygen atoms in total. The summed E-state index contributed by atoms with van der Waals surface area (Å²) in [7, 11) is -1.87. The number of allylic oxidation sites excluding steroid dienone is 1. The Morgan fingerprint density at radius 2 is 1.11 bits per heavy atom. The van der Waals surface area contributed by atoms with E-state index >= 15 is 0 Å². The van der Waals surface area contributed by atoms with E-state index in [0.29, 0.717) is 12.2 Å². The molecule has 3 atom stereocenters. The third-order valence-corrected chi connectivity index (χ3v) is 13.9. The van der Waals surface area contributed by atoms with E-state index in [1.165, 1.54) is 24.3 Å². The first-order valence-electron chi connectivity index (χ1n) is 16.7. The Labute approximate surface area is 309 Å². The fourth-order valence-electron chi connectivity index (χ4n) is 4.22. The van der Waals surface area contributed by atoms with E-state index in [-0.39, 0.29) is 35.3 Å². The van der Waals surface area contributed by atoms with Crippen LogP contribution in [0.15, 0.2) is 36.4 Å². The van der Waals surface area contributed by atoms with Crippen LogP contribution in [0.1, 0.15) is 66.4 Å². The molecule has 0 N–H and O–H groups in total. The van der Waals surface area contributed by atoms with Crippen LogP contribution in [-0.2, 0) is 15.8 Å². The summed E-state index contributed by atoms with van der Waals surface area (Å²) < 4.78 is 246. The first-order chi connectivity index (χ1) is 24.4. The van der Waals surface area contributed by atoms with Crippen molar-refractivity contribution in [1.29, 1.82) is 0 Å². The van der Waals surface area contributed by atoms with Gasteiger partial charge >= 0.3 is 47.6 Å². The molecule has 0 heterocycles. The average molecular weight is 853 g/mol. The minimum atomic E-state index is -8.64. The first kappa shape index (κ1) is 50.7. The minimum absolute atomic E-state index is 0.00404. The normalized spacial score (nSPS) is 16.7. The second-order valence-corrected chi connectivity index (χ2v) is 19.8. The van der Waals surface area contributed by atoms with Gasteiger partial charge in [-0.25, -0.2) is 0 Å². The molecule has 0 saturated heterocycles. The van der Waals surface area contributed by atoms with Crippen molar-refractivity contribution in [1.82, 2.24) is 0 Å². The van der Waals surface area contributed by atoms with E-state index in [1.807, 2.05) is 26.0 Å². The summed E-state index contributed by atoms with van der Waals surface area (Å²) in [5.74, 6) is -56.2. The van der Waals surface area contributed by atoms with Crippen LogP contribution in [0.4, 0.5) is 74.6 Å². The summed E-state index contributed by atoms with van der Waals surface area (Å²) in [5.41, 5.74) is 0.580. The maximum absolute atomic E-state index is 14.1. The van der Waals surface area contributed by atoms with Crippen LogP contribution in [0, 0.1) is 11.8 Å². The minimum Gasteiger partial charge on any atom is -0.494 e. The number of hydrogen-bond donors (Lipinski definition) is 0. The van der Waals surface area contributed by atoms with Gasteiger partial charge in [-0.2, -0.15) is 74.6 Å². The van der Waals surface area contributed by atoms with Crippen molar-refractivity contribution in [3.63, 3.8) is 0 Å². The second kappa shape index (κ2) is 17.3. The highest BCUT2D eigenvalue weighted by molar-refractivity contribution is 6.74. The van der Waals surface area contributed by atoms with E-state index in [9.17, 15) is 74.6 Å². The molecule has 0 spiro atoms. The fraction of sp³-hybridized carbons (Fsp3) is 0.765. The Kier molecular flexibility index (Phi) is 15.9. The molecule has 0 aliphatic carbocycles. The average Bonchev–Trinajstić information content (AvgIpc) is 3.03. The van der Waals surface area contributed by atoms with Gasteiger partial charge in [0.15, 0.2) is 8.32 Å². The standard InChI is InChI=1S/C34H45F17O3Si/c1-21(19-54-55(7,8)26(4,5)6)11-9-12-22(2)23(3)53-20-24-13-15-25(16-14-24)52-18-10-17-27(35,36)28(37,38)29(39,40)30(41,42)31(43,44)32(45,46)33(47,48)34(49,50)51/h9,12-16,21-23H,10-11,17-20H2,1-8H3/b12-9+/t21-,22+,23+/m0/s1. The number of alkyl halides is 17. The van der Waals surface area contributed by atoms with E-state index in [0.717, 1.165) is 6.42 Å². The summed E-state index contributed by atoms with van der Waals surface area (Å²) >= 11 is 0. The zero-order chi connectivity index (χ0) is 43.5. The summed E-state index contributed by atoms with van der Waals surface area (Å²) in [5, 5.41) is 0.0935. The second-order valence-electron chi connectivity index (χ2n) is 15.0. The quantitative estimate of drug-likeness (QED) is 0.0534. The van der Waals surface area contributed by atoms with Crippen LogP contribution in [0.2, 0.25) is 18.1 Å². The van der Waals surface area contributed by atoms with Gasteiger partial charge in [-0.1, -0.05) is 58.9 Å². The third-order valence-electron chi connectivity index (χ3n) is 9.38. The van der Waals surface area contributed by atoms with Gasteiger partial charge in [-0.05, 0) is 67.4 Å². The Balaban J connectivity index is 2.78. The molecule has 0 saturated carbocycles. The van der Waals surface area contributed by atoms with Crippen molar-refractivity contribution in [2.75, 3.05) is 13.2 Å². The molecule has 1 aromatic carbocycles. The van der Waals surface area contributed by atoms with Crippen molar-refractivity contribution in [2.45, 2.75) is 139 Å². The van der Waals surface area contributed by atoms with Gasteiger partial charge < -0.3 is 13.9 Å². The summed E-state index contributed by atoms with van der Waals surface area (Å²) in [4.78, 5) is 0. The van der Waals surface area contributed by atoms with Gasteiger partial charge in [0.25, 0.3) is 0 Å². The van der Waals surface area contributed by atoms with Crippen molar-refractivity contribution in [3.8, 4) is 5.75 Å². The van der Waals surface area contributed by atoms with Crippen LogP contribution in [0.5, 0.6) is 5.75 Å². The van der Waals surface area contributed by atoms with Crippen LogP contribution in [-0.4, -0.2) is 75.3 Å². The highest BCUT2D eigenvalue weighted by atomic mass is 28.4. The lowest BCUT2D eigenvalue weighted by Crippen LogP contribution is -2.74. The molecule has 21 heteroatoms. The van der Waals surface area contributed by atoms with Crippen LogP contribution >= 0.6 is 0 Å². The number of halogens is 17. The van der Waals surface area contributed by atoms with Gasteiger partial charge in [0.1, 0.15) is 5.75 Å². The molecule has 1 rings (SSSR count). The van der Waals surface area contributed by atoms with Crippen molar-refractivity contribution >= 4 is 8.32 Å². The van der Waals surface area contributed by atoms with Crippen molar-refractivity contribution in [3.05, 3.63) is 42.0 Å². The largest absolute Gasteiger partial charge is 0.494 e. The Bertz CT molecular complexity index is 1390. The molecule has 0 fully saturated rings. The first-order valence-corrected chi connectivity index (χ1v) is 19.6. The highest BCUT2D eigenvalue weighted by Gasteiger charge is 2.95. The van der Waals surface area contributed by atoms with Crippen LogP contribution < -0.4 is 4.74 Å². The van der Waals surface area contributed by atoms with Gasteiger partial charge in [0.2, 0.25) is 0 Å². The molecule has 0 amide bonds. The summed E-state index contributed by atoms with van der Waals surface area (Å²) in [6.45, 7) is 16.4. The van der Waals surface area contributed by atoms with Gasteiger partial charge in [0.05, 0.1) is 19.3 Å². The molecular formula is C34H45F17O3Si. The number of ether oxygens (including phenoxy) is 2. The van der Waals surface area contributed by atoms with E-state index in [1.54, 1.807) is 0 Å². The predicted molar refractivity (Wildman–Crippen MR) is 171 cm³/mol. The molecule has 55 heavy (non-hydrogen) atoms. The molecule has 0 aliphatic rings. The van der Waals surface area contributed by atoms with Crippen molar-refractivity contribution < 1.29 is 88.5 Å². The zero-order valence-electron chi connectivity index (χ0n) is 31.1. The zero-order valence-corrected chi connectivity index (χ0v) is 32.1. The molecule has 0 bridgehead atoms. The monoisotopic (exact) mass is 852 g/mol. The lowest BCUT2D eigenvalue weighted by molar-refractivity contribution is -0.461. The van der Waals surface area contributed by atoms with Crippen molar-refractivity contribution in [2.24, 2.45) is 11.8 Å². The third kappa shape index (κ3) is 10.8. The summed E-state index contributed by atoms with van der Waals surface area (Å²) in [6, 6.07) is 5.38. The number of hydrogen-bond acceptors (Lipinski definition) is 3. The summed E-state index contributed by atoms with van der Waals surface area (Å²) in [6.07, 6.45) is -7.15. The smallest absolute Gasteiger partial charge is 0.460 e. The molecule has 0 radical (unpaired) electrons. The predicted octanol–water partition coefficient (Wildman–Crippen LogP) is 13.0. The Morgan fingerprint density at radius 1 is 0.655 bits per heavy atom. The van der Waals surface area contributed by atoms with Gasteiger partial charge in [-0.15, -0.1) is 0 Å². The fourth-order valence-corrected chi connectivity index (χ4v) is 5.35. The van der Waals surface area contributed by atoms with Crippen LogP contribution in [0.25, 0.3) is 0 Å². The van der Waals surface area contributed by atoms with Gasteiger partial charge in [0, 0.05) is 13.0 Å². The number of benzene rings is 1. The van der Waals surface area contributed by atoms with Gasteiger partial charge in [-0.3, -0.25) is 0 Å². The van der Waals surface area contributed by atoms with E-state index < -0.39 is 75.4 Å². The SMILES string of the molecule is C[C@@H](C/C=C/[C@@H](C)[C@@H](C)OCc1ccc(OCCCC(F)(F)C(F)(F)C(F)(F)C(F)(F)C(F)(F)C(F)(F)C(F)(F)C(F)(F)F)cc1)CO[Si](C)(C)C(C)(C)C. The molecule has 0 aliphatic heterocycles. The molecule has 0 unspecified atom stereocenters. The number of rotatable bonds is 21. The maximum Gasteiger partial charge on any atom is 0.460 e. The topological polar surface area (TPSA) is 27.7 Å². The molecule has 0 aromatic heterocycles. The molecule has 322 valence electrons. The Morgan fingerprint density at radius 3 is 1.56 bits per heavy atom. The highest BCUT2D eigenvalue weighted by Crippen LogP contribution is 2.64. The maximum atomic E-state index is 14.1. The van der Waals surface area contributed by atoms with Crippen LogP contribution in [0.3, 0.4) is 0 Å².